The highest BCUT2D eigenvalue weighted by atomic mass is 32.1. The molecule has 0 atom stereocenters. The average Bonchev–Trinajstić information content (AvgIpc) is 3.50. The number of hydrogen-bond acceptors (Lipinski definition) is 8. The molecule has 2 heterocycles. The predicted octanol–water partition coefficient (Wildman–Crippen LogP) is 5.82. The number of anilines is 1. The largest absolute Gasteiger partial charge is 0.497 e. The Hall–Kier alpha value is -3.69. The van der Waals surface area contributed by atoms with Crippen molar-refractivity contribution in [3.05, 3.63) is 75.6 Å². The van der Waals surface area contributed by atoms with E-state index in [1.54, 1.807) is 37.7 Å². The van der Waals surface area contributed by atoms with Crippen molar-refractivity contribution < 1.29 is 19.0 Å². The van der Waals surface area contributed by atoms with E-state index in [1.807, 2.05) is 54.1 Å². The zero-order chi connectivity index (χ0) is 23.9. The molecule has 0 fully saturated rings. The first-order valence-electron chi connectivity index (χ1n) is 10.3. The van der Waals surface area contributed by atoms with Crippen LogP contribution in [0, 0.1) is 6.92 Å². The summed E-state index contributed by atoms with van der Waals surface area (Å²) in [6, 6.07) is 13.0. The normalized spacial score (nSPS) is 10.9. The van der Waals surface area contributed by atoms with Gasteiger partial charge in [-0.25, -0.2) is 9.97 Å². The molecule has 0 aliphatic rings. The molecule has 0 saturated carbocycles. The van der Waals surface area contributed by atoms with Crippen molar-refractivity contribution in [1.29, 1.82) is 0 Å². The van der Waals surface area contributed by atoms with Gasteiger partial charge in [-0.15, -0.1) is 22.7 Å². The summed E-state index contributed by atoms with van der Waals surface area (Å²) in [6.45, 7) is 2.40. The molecule has 0 spiro atoms. The van der Waals surface area contributed by atoms with Crippen LogP contribution in [0.1, 0.15) is 16.3 Å². The number of amides is 1. The number of carbonyl (C=O) groups excluding carboxylic acids is 1. The Morgan fingerprint density at radius 2 is 1.79 bits per heavy atom. The lowest BCUT2D eigenvalue weighted by Crippen LogP contribution is -2.07. The van der Waals surface area contributed by atoms with Gasteiger partial charge in [0.25, 0.3) is 0 Å². The third kappa shape index (κ3) is 6.00. The Kier molecular flexibility index (Phi) is 7.56. The van der Waals surface area contributed by atoms with Gasteiger partial charge in [-0.1, -0.05) is 12.1 Å². The van der Waals surface area contributed by atoms with Crippen molar-refractivity contribution in [3.63, 3.8) is 0 Å². The van der Waals surface area contributed by atoms with E-state index in [1.165, 1.54) is 17.4 Å². The van der Waals surface area contributed by atoms with Crippen LogP contribution in [0.5, 0.6) is 17.2 Å². The maximum atomic E-state index is 12.4. The Morgan fingerprint density at radius 1 is 1.00 bits per heavy atom. The van der Waals surface area contributed by atoms with E-state index in [0.29, 0.717) is 28.9 Å². The highest BCUT2D eigenvalue weighted by molar-refractivity contribution is 7.14. The zero-order valence-corrected chi connectivity index (χ0v) is 20.5. The van der Waals surface area contributed by atoms with Gasteiger partial charge in [0.15, 0.2) is 5.13 Å². The first-order valence-corrected chi connectivity index (χ1v) is 12.1. The predicted molar refractivity (Wildman–Crippen MR) is 136 cm³/mol. The van der Waals surface area contributed by atoms with Gasteiger partial charge in [0.1, 0.15) is 23.9 Å². The highest BCUT2D eigenvalue weighted by Gasteiger charge is 2.12. The second-order valence-corrected chi connectivity index (χ2v) is 9.06. The van der Waals surface area contributed by atoms with Crippen LogP contribution in [0.2, 0.25) is 0 Å². The molecule has 4 rings (SSSR count). The van der Waals surface area contributed by atoms with Crippen LogP contribution in [0.3, 0.4) is 0 Å². The number of methoxy groups -OCH3 is 2. The summed E-state index contributed by atoms with van der Waals surface area (Å²) < 4.78 is 16.4. The van der Waals surface area contributed by atoms with E-state index in [9.17, 15) is 4.79 Å². The molecule has 0 saturated heterocycles. The van der Waals surface area contributed by atoms with Gasteiger partial charge in [-0.05, 0) is 42.8 Å². The van der Waals surface area contributed by atoms with E-state index in [0.717, 1.165) is 27.6 Å². The topological polar surface area (TPSA) is 82.6 Å². The number of rotatable bonds is 9. The molecule has 1 N–H and O–H groups in total. The minimum Gasteiger partial charge on any atom is -0.497 e. The van der Waals surface area contributed by atoms with Crippen molar-refractivity contribution in [2.75, 3.05) is 19.5 Å². The average molecular weight is 494 g/mol. The summed E-state index contributed by atoms with van der Waals surface area (Å²) in [5.41, 5.74) is 3.34. The van der Waals surface area contributed by atoms with Crippen molar-refractivity contribution in [1.82, 2.24) is 9.97 Å². The number of aromatic nitrogens is 2. The monoisotopic (exact) mass is 493 g/mol. The first-order chi connectivity index (χ1) is 16.5. The summed E-state index contributed by atoms with van der Waals surface area (Å²) in [6.07, 6.45) is 3.22. The molecule has 0 aliphatic carbocycles. The summed E-state index contributed by atoms with van der Waals surface area (Å²) >= 11 is 2.95. The lowest BCUT2D eigenvalue weighted by atomic mass is 10.1. The number of ether oxygens (including phenoxy) is 3. The van der Waals surface area contributed by atoms with Gasteiger partial charge >= 0.3 is 0 Å². The van der Waals surface area contributed by atoms with Crippen LogP contribution >= 0.6 is 22.7 Å². The van der Waals surface area contributed by atoms with Crippen LogP contribution in [0.4, 0.5) is 5.13 Å². The van der Waals surface area contributed by atoms with Crippen molar-refractivity contribution in [2.45, 2.75) is 13.5 Å². The van der Waals surface area contributed by atoms with E-state index < -0.39 is 0 Å². The smallest absolute Gasteiger partial charge is 0.250 e. The van der Waals surface area contributed by atoms with E-state index >= 15 is 0 Å². The second kappa shape index (κ2) is 11.0. The molecule has 9 heteroatoms. The minimum atomic E-state index is -0.262. The molecule has 0 aliphatic heterocycles. The summed E-state index contributed by atoms with van der Waals surface area (Å²) in [7, 11) is 3.20. The number of nitrogens with one attached hydrogen (secondary N) is 1. The summed E-state index contributed by atoms with van der Waals surface area (Å²) in [4.78, 5) is 21.3. The molecular formula is C25H23N3O4S2. The number of aryl methyl sites for hydroxylation is 1. The Bertz CT molecular complexity index is 1300. The maximum Gasteiger partial charge on any atom is 0.250 e. The third-order valence-electron chi connectivity index (χ3n) is 4.78. The molecule has 2 aromatic heterocycles. The van der Waals surface area contributed by atoms with Crippen molar-refractivity contribution >= 4 is 39.8 Å². The van der Waals surface area contributed by atoms with Crippen LogP contribution in [-0.2, 0) is 11.4 Å². The van der Waals surface area contributed by atoms with Crippen LogP contribution < -0.4 is 19.5 Å². The third-order valence-corrected chi connectivity index (χ3v) is 6.36. The van der Waals surface area contributed by atoms with Crippen molar-refractivity contribution in [2.24, 2.45) is 0 Å². The number of benzene rings is 2. The Labute approximate surface area is 205 Å². The number of hydrogen-bond donors (Lipinski definition) is 1. The number of thiazole rings is 2. The summed E-state index contributed by atoms with van der Waals surface area (Å²) in [5, 5.41) is 8.18. The molecule has 0 bridgehead atoms. The fourth-order valence-electron chi connectivity index (χ4n) is 3.09. The van der Waals surface area contributed by atoms with Gasteiger partial charge in [-0.2, -0.15) is 0 Å². The number of nitrogens with zero attached hydrogens (tertiary/aromatic N) is 2. The molecule has 1 amide bonds. The fourth-order valence-corrected chi connectivity index (χ4v) is 4.40. The summed E-state index contributed by atoms with van der Waals surface area (Å²) in [5.74, 6) is 1.83. The Morgan fingerprint density at radius 3 is 2.50 bits per heavy atom. The molecule has 174 valence electrons. The molecule has 0 radical (unpaired) electrons. The van der Waals surface area contributed by atoms with Gasteiger partial charge in [0, 0.05) is 28.5 Å². The van der Waals surface area contributed by atoms with Crippen LogP contribution in [0.15, 0.2) is 59.3 Å². The molecular weight excluding hydrogens is 470 g/mol. The van der Waals surface area contributed by atoms with Gasteiger partial charge in [0.2, 0.25) is 5.91 Å². The van der Waals surface area contributed by atoms with Crippen LogP contribution in [0.25, 0.3) is 17.3 Å². The quantitative estimate of drug-likeness (QED) is 0.296. The molecule has 0 unspecified atom stereocenters. The first kappa shape index (κ1) is 23.5. The SMILES string of the molecule is COc1ccc(-c2csc(NC(=O)/C=C/c3ccc(OCc4csc(C)n4)cc3)n2)c(OC)c1. The molecule has 7 nitrogen and oxygen atoms in total. The molecule has 34 heavy (non-hydrogen) atoms. The lowest BCUT2D eigenvalue weighted by Gasteiger charge is -2.08. The van der Waals surface area contributed by atoms with E-state index in [4.69, 9.17) is 14.2 Å². The minimum absolute atomic E-state index is 0.262. The zero-order valence-electron chi connectivity index (χ0n) is 18.9. The second-order valence-electron chi connectivity index (χ2n) is 7.14. The fraction of sp³-hybridized carbons (Fsp3) is 0.160. The van der Waals surface area contributed by atoms with Crippen molar-refractivity contribution in [3.8, 4) is 28.5 Å². The lowest BCUT2D eigenvalue weighted by molar-refractivity contribution is -0.111. The van der Waals surface area contributed by atoms with E-state index in [-0.39, 0.29) is 5.91 Å². The number of carbonyl (C=O) groups is 1. The maximum absolute atomic E-state index is 12.4. The Balaban J connectivity index is 1.33. The van der Waals surface area contributed by atoms with Gasteiger partial charge in [-0.3, -0.25) is 10.1 Å². The van der Waals surface area contributed by atoms with Gasteiger partial charge in [0.05, 0.1) is 30.6 Å². The molecule has 4 aromatic rings. The van der Waals surface area contributed by atoms with E-state index in [2.05, 4.69) is 15.3 Å². The van der Waals surface area contributed by atoms with Crippen LogP contribution in [-0.4, -0.2) is 30.1 Å². The highest BCUT2D eigenvalue weighted by Crippen LogP contribution is 2.34. The van der Waals surface area contributed by atoms with Gasteiger partial charge < -0.3 is 14.2 Å². The molecule has 2 aromatic carbocycles. The standard InChI is InChI=1S/C25H23N3O4S2/c1-16-26-18(14-33-16)13-32-19-7-4-17(5-8-19)6-11-24(29)28-25-27-22(15-34-25)21-10-9-20(30-2)12-23(21)31-3/h4-12,14-15H,13H2,1-3H3,(H,27,28,29)/b11-6+.